The maximum absolute atomic E-state index is 5.71. The van der Waals surface area contributed by atoms with E-state index in [9.17, 15) is 0 Å². The fourth-order valence-electron chi connectivity index (χ4n) is 1.96. The van der Waals surface area contributed by atoms with Crippen LogP contribution in [-0.2, 0) is 11.3 Å². The van der Waals surface area contributed by atoms with Gasteiger partial charge in [0.05, 0.1) is 19.8 Å². The van der Waals surface area contributed by atoms with Crippen LogP contribution in [0, 0.1) is 0 Å². The highest BCUT2D eigenvalue weighted by Crippen LogP contribution is 2.12. The van der Waals surface area contributed by atoms with Crippen LogP contribution in [0.5, 0.6) is 0 Å². The van der Waals surface area contributed by atoms with E-state index < -0.39 is 0 Å². The van der Waals surface area contributed by atoms with Crippen molar-refractivity contribution >= 4 is 11.6 Å². The molecule has 96 valence electrons. The molecule has 0 bridgehead atoms. The Morgan fingerprint density at radius 1 is 1.41 bits per heavy atom. The zero-order valence-corrected chi connectivity index (χ0v) is 10.9. The second kappa shape index (κ2) is 6.40. The summed E-state index contributed by atoms with van der Waals surface area (Å²) in [5.41, 5.74) is 0. The van der Waals surface area contributed by atoms with E-state index in [1.54, 1.807) is 6.07 Å². The number of furan rings is 1. The van der Waals surface area contributed by atoms with Gasteiger partial charge >= 0.3 is 0 Å². The molecular weight excluding hydrogens is 240 g/mol. The van der Waals surface area contributed by atoms with Gasteiger partial charge in [-0.3, -0.25) is 4.90 Å². The van der Waals surface area contributed by atoms with Gasteiger partial charge in [0.15, 0.2) is 5.22 Å². The first-order valence-electron chi connectivity index (χ1n) is 6.02. The lowest BCUT2D eigenvalue weighted by atomic mass is 10.2. The molecule has 1 unspecified atom stereocenters. The minimum Gasteiger partial charge on any atom is -0.448 e. The smallest absolute Gasteiger partial charge is 0.193 e. The highest BCUT2D eigenvalue weighted by Gasteiger charge is 2.13. The van der Waals surface area contributed by atoms with Crippen molar-refractivity contribution < 1.29 is 9.15 Å². The van der Waals surface area contributed by atoms with Crippen molar-refractivity contribution in [3.63, 3.8) is 0 Å². The van der Waals surface area contributed by atoms with Crippen molar-refractivity contribution in [2.45, 2.75) is 19.5 Å². The van der Waals surface area contributed by atoms with Gasteiger partial charge in [-0.2, -0.15) is 0 Å². The van der Waals surface area contributed by atoms with E-state index in [2.05, 4.69) is 17.1 Å². The van der Waals surface area contributed by atoms with Gasteiger partial charge in [-0.15, -0.1) is 0 Å². The second-order valence-corrected chi connectivity index (χ2v) is 4.77. The molecule has 0 spiro atoms. The molecule has 4 nitrogen and oxygen atoms in total. The van der Waals surface area contributed by atoms with Gasteiger partial charge in [0.1, 0.15) is 5.76 Å². The molecule has 1 atom stereocenters. The Kier molecular flexibility index (Phi) is 4.86. The van der Waals surface area contributed by atoms with E-state index in [1.165, 1.54) is 0 Å². The SMILES string of the molecule is CC(CN1CCOCC1)NCc1ccc(Cl)o1. The first-order chi connectivity index (χ1) is 8.24. The van der Waals surface area contributed by atoms with Gasteiger partial charge in [-0.1, -0.05) is 0 Å². The molecule has 2 rings (SSSR count). The number of hydrogen-bond donors (Lipinski definition) is 1. The predicted octanol–water partition coefficient (Wildman–Crippen LogP) is 1.74. The number of morpholine rings is 1. The molecule has 0 saturated carbocycles. The lowest BCUT2D eigenvalue weighted by molar-refractivity contribution is 0.0342. The Labute approximate surface area is 107 Å². The summed E-state index contributed by atoms with van der Waals surface area (Å²) in [5, 5.41) is 3.87. The zero-order chi connectivity index (χ0) is 12.1. The van der Waals surface area contributed by atoms with Gasteiger partial charge in [0, 0.05) is 25.7 Å². The molecule has 0 aromatic carbocycles. The molecule has 5 heteroatoms. The average molecular weight is 259 g/mol. The summed E-state index contributed by atoms with van der Waals surface area (Å²) in [6.07, 6.45) is 0. The third-order valence-electron chi connectivity index (χ3n) is 2.89. The monoisotopic (exact) mass is 258 g/mol. The summed E-state index contributed by atoms with van der Waals surface area (Å²) in [4.78, 5) is 2.41. The highest BCUT2D eigenvalue weighted by atomic mass is 35.5. The fraction of sp³-hybridized carbons (Fsp3) is 0.667. The third-order valence-corrected chi connectivity index (χ3v) is 3.09. The molecular formula is C12H19ClN2O2. The Bertz CT molecular complexity index is 337. The number of nitrogens with zero attached hydrogens (tertiary/aromatic N) is 1. The van der Waals surface area contributed by atoms with Crippen LogP contribution in [0.15, 0.2) is 16.5 Å². The number of hydrogen-bond acceptors (Lipinski definition) is 4. The Morgan fingerprint density at radius 3 is 2.82 bits per heavy atom. The highest BCUT2D eigenvalue weighted by molar-refractivity contribution is 6.28. The van der Waals surface area contributed by atoms with Crippen LogP contribution in [0.2, 0.25) is 5.22 Å². The topological polar surface area (TPSA) is 37.6 Å². The Morgan fingerprint density at radius 2 is 2.18 bits per heavy atom. The normalized spacial score (nSPS) is 19.4. The zero-order valence-electron chi connectivity index (χ0n) is 10.1. The molecule has 0 radical (unpaired) electrons. The minimum atomic E-state index is 0.428. The molecule has 1 aromatic rings. The fourth-order valence-corrected chi connectivity index (χ4v) is 2.12. The summed E-state index contributed by atoms with van der Waals surface area (Å²) in [7, 11) is 0. The first kappa shape index (κ1) is 12.9. The number of ether oxygens (including phenoxy) is 1. The average Bonchev–Trinajstić information content (AvgIpc) is 2.74. The largest absolute Gasteiger partial charge is 0.448 e. The molecule has 1 fully saturated rings. The molecule has 17 heavy (non-hydrogen) atoms. The van der Waals surface area contributed by atoms with Gasteiger partial charge in [0.2, 0.25) is 0 Å². The van der Waals surface area contributed by atoms with Crippen LogP contribution in [0.25, 0.3) is 0 Å². The summed E-state index contributed by atoms with van der Waals surface area (Å²) >= 11 is 5.71. The quantitative estimate of drug-likeness (QED) is 0.873. The van der Waals surface area contributed by atoms with Gasteiger partial charge in [-0.05, 0) is 30.7 Å². The number of rotatable bonds is 5. The second-order valence-electron chi connectivity index (χ2n) is 4.40. The van der Waals surface area contributed by atoms with Crippen LogP contribution in [0.1, 0.15) is 12.7 Å². The van der Waals surface area contributed by atoms with Crippen LogP contribution >= 0.6 is 11.6 Å². The lowest BCUT2D eigenvalue weighted by Gasteiger charge is -2.29. The van der Waals surface area contributed by atoms with E-state index in [4.69, 9.17) is 20.8 Å². The summed E-state index contributed by atoms with van der Waals surface area (Å²) in [5.74, 6) is 0.879. The summed E-state index contributed by atoms with van der Waals surface area (Å²) in [6.45, 7) is 7.69. The molecule has 1 aliphatic rings. The summed E-state index contributed by atoms with van der Waals surface area (Å²) in [6, 6.07) is 4.10. The molecule has 1 aliphatic heterocycles. The summed E-state index contributed by atoms with van der Waals surface area (Å²) < 4.78 is 10.6. The number of nitrogens with one attached hydrogen (secondary N) is 1. The van der Waals surface area contributed by atoms with E-state index in [1.807, 2.05) is 6.07 Å². The van der Waals surface area contributed by atoms with Crippen molar-refractivity contribution in [3.8, 4) is 0 Å². The van der Waals surface area contributed by atoms with Crippen LogP contribution in [0.4, 0.5) is 0 Å². The molecule has 0 aliphatic carbocycles. The molecule has 0 amide bonds. The van der Waals surface area contributed by atoms with Crippen LogP contribution in [0.3, 0.4) is 0 Å². The minimum absolute atomic E-state index is 0.428. The predicted molar refractivity (Wildman–Crippen MR) is 67.3 cm³/mol. The lowest BCUT2D eigenvalue weighted by Crippen LogP contribution is -2.44. The third kappa shape index (κ3) is 4.32. The van der Waals surface area contributed by atoms with Crippen molar-refractivity contribution in [2.75, 3.05) is 32.8 Å². The molecule has 1 aromatic heterocycles. The van der Waals surface area contributed by atoms with Crippen LogP contribution < -0.4 is 5.32 Å². The van der Waals surface area contributed by atoms with E-state index in [-0.39, 0.29) is 0 Å². The van der Waals surface area contributed by atoms with Crippen molar-refractivity contribution in [1.29, 1.82) is 0 Å². The molecule has 1 N–H and O–H groups in total. The van der Waals surface area contributed by atoms with Gasteiger partial charge in [-0.25, -0.2) is 0 Å². The maximum atomic E-state index is 5.71. The van der Waals surface area contributed by atoms with E-state index in [0.717, 1.165) is 45.2 Å². The van der Waals surface area contributed by atoms with Crippen molar-refractivity contribution in [2.24, 2.45) is 0 Å². The maximum Gasteiger partial charge on any atom is 0.193 e. The number of halogens is 1. The Balaban J connectivity index is 1.68. The standard InChI is InChI=1S/C12H19ClN2O2/c1-10(9-15-4-6-16-7-5-15)14-8-11-2-3-12(13)17-11/h2-3,10,14H,4-9H2,1H3. The van der Waals surface area contributed by atoms with Crippen LogP contribution in [-0.4, -0.2) is 43.8 Å². The molecule has 2 heterocycles. The molecule has 1 saturated heterocycles. The van der Waals surface area contributed by atoms with Crippen molar-refractivity contribution in [3.05, 3.63) is 23.1 Å². The van der Waals surface area contributed by atoms with Crippen molar-refractivity contribution in [1.82, 2.24) is 10.2 Å². The van der Waals surface area contributed by atoms with Gasteiger partial charge in [0.25, 0.3) is 0 Å². The first-order valence-corrected chi connectivity index (χ1v) is 6.39. The Hall–Kier alpha value is -0.550. The van der Waals surface area contributed by atoms with E-state index >= 15 is 0 Å². The van der Waals surface area contributed by atoms with E-state index in [0.29, 0.717) is 11.3 Å². The van der Waals surface area contributed by atoms with Gasteiger partial charge < -0.3 is 14.5 Å².